The molecule has 0 radical (unpaired) electrons. The number of carbonyl (C=O) groups excluding carboxylic acids is 2. The van der Waals surface area contributed by atoms with Crippen LogP contribution in [-0.4, -0.2) is 29.3 Å². The highest BCUT2D eigenvalue weighted by Gasteiger charge is 2.27. The van der Waals surface area contributed by atoms with Crippen molar-refractivity contribution in [2.75, 3.05) is 11.9 Å². The summed E-state index contributed by atoms with van der Waals surface area (Å²) in [5.41, 5.74) is 5.87. The van der Waals surface area contributed by atoms with Crippen LogP contribution in [0.15, 0.2) is 65.5 Å². The van der Waals surface area contributed by atoms with Gasteiger partial charge in [-0.15, -0.1) is 0 Å². The van der Waals surface area contributed by atoms with Crippen molar-refractivity contribution in [2.45, 2.75) is 38.8 Å². The van der Waals surface area contributed by atoms with E-state index in [1.165, 1.54) is 31.4 Å². The second kappa shape index (κ2) is 9.33. The van der Waals surface area contributed by atoms with E-state index in [-0.39, 0.29) is 5.91 Å². The summed E-state index contributed by atoms with van der Waals surface area (Å²) in [6.45, 7) is 4.41. The Kier molecular flexibility index (Phi) is 6.11. The third-order valence-corrected chi connectivity index (χ3v) is 7.26. The van der Waals surface area contributed by atoms with Crippen LogP contribution in [0.25, 0.3) is 16.7 Å². The van der Waals surface area contributed by atoms with E-state index in [9.17, 15) is 9.59 Å². The Hall–Kier alpha value is -3.22. The molecule has 0 unspecified atom stereocenters. The molecule has 3 aromatic rings. The highest BCUT2D eigenvalue weighted by atomic mass is 32.1. The Balaban J connectivity index is 1.36. The van der Waals surface area contributed by atoms with E-state index in [2.05, 4.69) is 40.0 Å². The number of carbonyl (C=O) groups is 2. The molecular formula is C27H27N3O2S. The van der Waals surface area contributed by atoms with Crippen LogP contribution in [0.4, 0.5) is 5.69 Å². The predicted octanol–water partition coefficient (Wildman–Crippen LogP) is 5.51. The first kappa shape index (κ1) is 21.6. The lowest BCUT2D eigenvalue weighted by atomic mass is 9.92. The molecule has 6 heteroatoms. The average molecular weight is 458 g/mol. The van der Waals surface area contributed by atoms with Crippen LogP contribution in [0.3, 0.4) is 0 Å². The zero-order valence-electron chi connectivity index (χ0n) is 18.6. The van der Waals surface area contributed by atoms with Crippen LogP contribution >= 0.6 is 11.3 Å². The Morgan fingerprint density at radius 2 is 1.91 bits per heavy atom. The van der Waals surface area contributed by atoms with Gasteiger partial charge in [-0.2, -0.15) is 11.3 Å². The molecule has 5 nitrogen and oxygen atoms in total. The molecule has 3 heterocycles. The van der Waals surface area contributed by atoms with Gasteiger partial charge >= 0.3 is 0 Å². The summed E-state index contributed by atoms with van der Waals surface area (Å²) in [7, 11) is 0. The number of anilines is 1. The Morgan fingerprint density at radius 3 is 2.67 bits per heavy atom. The van der Waals surface area contributed by atoms with E-state index >= 15 is 0 Å². The van der Waals surface area contributed by atoms with E-state index in [4.69, 9.17) is 0 Å². The molecule has 2 N–H and O–H groups in total. The van der Waals surface area contributed by atoms with Gasteiger partial charge in [-0.3, -0.25) is 19.8 Å². The van der Waals surface area contributed by atoms with Gasteiger partial charge in [0.2, 0.25) is 0 Å². The number of amides is 2. The Morgan fingerprint density at radius 1 is 1.06 bits per heavy atom. The van der Waals surface area contributed by atoms with E-state index in [1.54, 1.807) is 23.6 Å². The van der Waals surface area contributed by atoms with E-state index in [1.807, 2.05) is 35.7 Å². The summed E-state index contributed by atoms with van der Waals surface area (Å²) in [4.78, 5) is 27.6. The number of hydrogen-bond acceptors (Lipinski definition) is 5. The van der Waals surface area contributed by atoms with Crippen LogP contribution in [0, 0.1) is 0 Å². The van der Waals surface area contributed by atoms with Gasteiger partial charge in [-0.05, 0) is 83.6 Å². The lowest BCUT2D eigenvalue weighted by molar-refractivity contribution is -0.114. The molecule has 2 amide bonds. The van der Waals surface area contributed by atoms with Crippen molar-refractivity contribution in [2.24, 2.45) is 0 Å². The van der Waals surface area contributed by atoms with Crippen LogP contribution in [0.1, 0.15) is 47.7 Å². The first-order chi connectivity index (χ1) is 16.1. The van der Waals surface area contributed by atoms with Crippen molar-refractivity contribution in [1.82, 2.24) is 10.2 Å². The van der Waals surface area contributed by atoms with E-state index in [0.717, 1.165) is 23.4 Å². The summed E-state index contributed by atoms with van der Waals surface area (Å²) in [6, 6.07) is 16.7. The largest absolute Gasteiger partial charge is 0.361 e. The molecule has 0 aliphatic carbocycles. The number of likely N-dealkylation sites (tertiary alicyclic amines) is 1. The molecule has 1 fully saturated rings. The minimum Gasteiger partial charge on any atom is -0.361 e. The molecule has 2 aliphatic rings. The molecular weight excluding hydrogens is 430 g/mol. The summed E-state index contributed by atoms with van der Waals surface area (Å²) < 4.78 is 0. The molecule has 1 saturated heterocycles. The lowest BCUT2D eigenvalue weighted by Gasteiger charge is -2.23. The van der Waals surface area contributed by atoms with Gasteiger partial charge in [0.15, 0.2) is 0 Å². The molecule has 168 valence electrons. The van der Waals surface area contributed by atoms with Gasteiger partial charge in [0.25, 0.3) is 11.8 Å². The molecule has 1 atom stereocenters. The van der Waals surface area contributed by atoms with Crippen molar-refractivity contribution >= 4 is 34.4 Å². The first-order valence-corrected chi connectivity index (χ1v) is 12.4. The van der Waals surface area contributed by atoms with Crippen molar-refractivity contribution < 1.29 is 9.59 Å². The second-order valence-corrected chi connectivity index (χ2v) is 9.41. The molecule has 0 spiro atoms. The van der Waals surface area contributed by atoms with Gasteiger partial charge in [0.05, 0.1) is 5.57 Å². The minimum absolute atomic E-state index is 0.360. The maximum absolute atomic E-state index is 12.6. The van der Waals surface area contributed by atoms with Gasteiger partial charge in [-0.25, -0.2) is 0 Å². The van der Waals surface area contributed by atoms with Gasteiger partial charge < -0.3 is 5.32 Å². The molecule has 2 aliphatic heterocycles. The third kappa shape index (κ3) is 4.49. The highest BCUT2D eigenvalue weighted by molar-refractivity contribution is 7.08. The van der Waals surface area contributed by atoms with Crippen LogP contribution in [0.5, 0.6) is 0 Å². The topological polar surface area (TPSA) is 61.4 Å². The Labute approximate surface area is 198 Å². The zero-order valence-corrected chi connectivity index (χ0v) is 19.5. The highest BCUT2D eigenvalue weighted by Crippen LogP contribution is 2.31. The predicted molar refractivity (Wildman–Crippen MR) is 134 cm³/mol. The number of fused-ring (bicyclic) bond motifs is 1. The third-order valence-electron chi connectivity index (χ3n) is 6.57. The van der Waals surface area contributed by atoms with Crippen molar-refractivity contribution in [3.05, 3.63) is 82.2 Å². The fraction of sp³-hybridized carbons (Fsp3) is 0.259. The SMILES string of the molecule is CC[C@H]1CCCN1Cc1ccc(N/C=C2\C(=O)NC(=O)c3ccc(-c4ccsc4)cc32)cc1. The first-order valence-electron chi connectivity index (χ1n) is 11.4. The molecule has 2 aromatic carbocycles. The smallest absolute Gasteiger partial charge is 0.260 e. The molecule has 33 heavy (non-hydrogen) atoms. The van der Waals surface area contributed by atoms with Crippen LogP contribution in [-0.2, 0) is 11.3 Å². The number of imide groups is 1. The number of hydrogen-bond donors (Lipinski definition) is 2. The fourth-order valence-electron chi connectivity index (χ4n) is 4.74. The number of thiophene rings is 1. The summed E-state index contributed by atoms with van der Waals surface area (Å²) in [6.07, 6.45) is 5.48. The van der Waals surface area contributed by atoms with Gasteiger partial charge in [-0.1, -0.05) is 25.1 Å². The molecule has 5 rings (SSSR count). The number of nitrogens with one attached hydrogen (secondary N) is 2. The standard InChI is InChI=1S/C27H27N3O2S/c1-2-22-4-3-12-30(22)16-18-5-8-21(9-6-18)28-15-25-24-14-19(20-11-13-33-17-20)7-10-23(24)26(31)29-27(25)32/h5-11,13-15,17,22,28H,2-4,12,16H2,1H3,(H,29,31,32)/b25-15-/t22-/m0/s1. The summed E-state index contributed by atoms with van der Waals surface area (Å²) in [5, 5.41) is 9.77. The van der Waals surface area contributed by atoms with Crippen LogP contribution < -0.4 is 10.6 Å². The number of rotatable bonds is 6. The maximum Gasteiger partial charge on any atom is 0.260 e. The van der Waals surface area contributed by atoms with Crippen molar-refractivity contribution in [1.29, 1.82) is 0 Å². The molecule has 0 saturated carbocycles. The average Bonchev–Trinajstić information content (AvgIpc) is 3.52. The monoisotopic (exact) mass is 457 g/mol. The zero-order chi connectivity index (χ0) is 22.8. The Bertz CT molecular complexity index is 1200. The fourth-order valence-corrected chi connectivity index (χ4v) is 5.40. The van der Waals surface area contributed by atoms with Gasteiger partial charge in [0.1, 0.15) is 0 Å². The number of nitrogens with zero attached hydrogens (tertiary/aromatic N) is 1. The summed E-state index contributed by atoms with van der Waals surface area (Å²) >= 11 is 1.62. The van der Waals surface area contributed by atoms with Crippen LogP contribution in [0.2, 0.25) is 0 Å². The summed E-state index contributed by atoms with van der Waals surface area (Å²) in [5.74, 6) is -0.751. The lowest BCUT2D eigenvalue weighted by Crippen LogP contribution is -2.36. The van der Waals surface area contributed by atoms with Crippen molar-refractivity contribution in [3.63, 3.8) is 0 Å². The maximum atomic E-state index is 12.6. The van der Waals surface area contributed by atoms with Gasteiger partial charge in [0, 0.05) is 35.6 Å². The quantitative estimate of drug-likeness (QED) is 0.378. The molecule has 1 aromatic heterocycles. The van der Waals surface area contributed by atoms with E-state index in [0.29, 0.717) is 22.7 Å². The molecule has 0 bridgehead atoms. The second-order valence-electron chi connectivity index (χ2n) is 8.63. The van der Waals surface area contributed by atoms with E-state index < -0.39 is 5.91 Å². The minimum atomic E-state index is -0.390. The number of benzene rings is 2. The van der Waals surface area contributed by atoms with Crippen molar-refractivity contribution in [3.8, 4) is 11.1 Å². The normalized spacial score (nSPS) is 19.5.